The molecule has 3 nitrogen and oxygen atoms in total. The van der Waals surface area contributed by atoms with Crippen LogP contribution < -0.4 is 0 Å². The number of carbonyl (C=O) groups is 1. The lowest BCUT2D eigenvalue weighted by molar-refractivity contribution is -0.129. The number of ether oxygens (including phenoxy) is 1. The van der Waals surface area contributed by atoms with Crippen molar-refractivity contribution in [2.45, 2.75) is 32.2 Å². The van der Waals surface area contributed by atoms with Gasteiger partial charge in [0.15, 0.2) is 0 Å². The summed E-state index contributed by atoms with van der Waals surface area (Å²) in [6.45, 7) is 9.34. The van der Waals surface area contributed by atoms with Crippen LogP contribution >= 0.6 is 0 Å². The van der Waals surface area contributed by atoms with E-state index in [0.717, 1.165) is 30.4 Å². The fourth-order valence-electron chi connectivity index (χ4n) is 2.28. The molecule has 3 heteroatoms. The Morgan fingerprint density at radius 2 is 2.24 bits per heavy atom. The molecule has 17 heavy (non-hydrogen) atoms. The molecule has 0 saturated heterocycles. The lowest BCUT2D eigenvalue weighted by Gasteiger charge is -2.33. The molecule has 0 N–H and O–H groups in total. The van der Waals surface area contributed by atoms with Gasteiger partial charge in [0.2, 0.25) is 5.91 Å². The normalized spacial score (nSPS) is 19.8. The molecule has 0 radical (unpaired) electrons. The smallest absolute Gasteiger partial charge is 0.219 e. The molecular formula is C14H21NO2. The molecule has 1 rings (SSSR count). The minimum Gasteiger partial charge on any atom is -0.497 e. The van der Waals surface area contributed by atoms with Gasteiger partial charge >= 0.3 is 0 Å². The summed E-state index contributed by atoms with van der Waals surface area (Å²) in [6.07, 6.45) is 4.77. The highest BCUT2D eigenvalue weighted by molar-refractivity contribution is 5.74. The van der Waals surface area contributed by atoms with Crippen LogP contribution in [0.5, 0.6) is 0 Å². The van der Waals surface area contributed by atoms with Gasteiger partial charge in [0.25, 0.3) is 0 Å². The molecule has 0 aromatic carbocycles. The van der Waals surface area contributed by atoms with E-state index in [9.17, 15) is 4.79 Å². The summed E-state index contributed by atoms with van der Waals surface area (Å²) in [5.74, 6) is 0.750. The summed E-state index contributed by atoms with van der Waals surface area (Å²) in [5.41, 5.74) is 2.16. The first-order valence-electron chi connectivity index (χ1n) is 5.85. The average molecular weight is 235 g/mol. The molecule has 0 aromatic rings. The van der Waals surface area contributed by atoms with Crippen LogP contribution in [0.1, 0.15) is 26.2 Å². The van der Waals surface area contributed by atoms with Crippen molar-refractivity contribution >= 4 is 5.91 Å². The molecule has 0 saturated carbocycles. The highest BCUT2D eigenvalue weighted by atomic mass is 16.5. The first kappa shape index (κ1) is 13.6. The maximum absolute atomic E-state index is 11.5. The Labute approximate surface area is 103 Å². The highest BCUT2D eigenvalue weighted by Gasteiger charge is 2.27. The van der Waals surface area contributed by atoms with Gasteiger partial charge in [-0.2, -0.15) is 0 Å². The van der Waals surface area contributed by atoms with Crippen LogP contribution in [0.4, 0.5) is 0 Å². The van der Waals surface area contributed by atoms with Crippen LogP contribution in [-0.2, 0) is 9.53 Å². The van der Waals surface area contributed by atoms with Gasteiger partial charge in [-0.3, -0.25) is 4.79 Å². The quantitative estimate of drug-likeness (QED) is 0.701. The van der Waals surface area contributed by atoms with Crippen molar-refractivity contribution in [1.82, 2.24) is 4.90 Å². The molecule has 1 unspecified atom stereocenters. The molecule has 0 heterocycles. The highest BCUT2D eigenvalue weighted by Crippen LogP contribution is 2.32. The number of hydrogen-bond acceptors (Lipinski definition) is 2. The minimum absolute atomic E-state index is 0.0682. The number of methoxy groups -OCH3 is 1. The molecule has 0 aliphatic heterocycles. The molecular weight excluding hydrogens is 214 g/mol. The standard InChI is InChI=1S/C14H21NO2/c1-6-12-13(10(2)17-5)8-7-9-14(12)15(4)11(3)16/h6,14H,1-2,7-9H2,3-5H3. The van der Waals surface area contributed by atoms with Crippen molar-refractivity contribution in [2.75, 3.05) is 14.2 Å². The first-order chi connectivity index (χ1) is 8.02. The van der Waals surface area contributed by atoms with Crippen LogP contribution in [0.15, 0.2) is 36.1 Å². The van der Waals surface area contributed by atoms with Gasteiger partial charge < -0.3 is 9.64 Å². The number of amides is 1. The van der Waals surface area contributed by atoms with Crippen LogP contribution in [0.25, 0.3) is 0 Å². The summed E-state index contributed by atoms with van der Waals surface area (Å²) in [6, 6.07) is 0.0978. The maximum Gasteiger partial charge on any atom is 0.219 e. The molecule has 0 fully saturated rings. The molecule has 1 amide bonds. The average Bonchev–Trinajstić information content (AvgIpc) is 2.35. The third-order valence-corrected chi connectivity index (χ3v) is 3.38. The zero-order chi connectivity index (χ0) is 13.0. The lowest BCUT2D eigenvalue weighted by atomic mass is 9.86. The van der Waals surface area contributed by atoms with Crippen LogP contribution in [0.3, 0.4) is 0 Å². The predicted molar refractivity (Wildman–Crippen MR) is 69.5 cm³/mol. The van der Waals surface area contributed by atoms with E-state index in [2.05, 4.69) is 13.2 Å². The Hall–Kier alpha value is -1.51. The second-order valence-corrected chi connectivity index (χ2v) is 4.30. The Bertz CT molecular complexity index is 368. The molecule has 1 aliphatic carbocycles. The number of likely N-dealkylation sites (N-methyl/N-ethyl adjacent to an activating group) is 1. The largest absolute Gasteiger partial charge is 0.497 e. The Morgan fingerprint density at radius 1 is 1.59 bits per heavy atom. The van der Waals surface area contributed by atoms with E-state index in [1.165, 1.54) is 0 Å². The number of nitrogens with zero attached hydrogens (tertiary/aromatic N) is 1. The molecule has 1 atom stereocenters. The Balaban J connectivity index is 3.11. The molecule has 0 spiro atoms. The van der Waals surface area contributed by atoms with Crippen molar-refractivity contribution in [3.63, 3.8) is 0 Å². The number of carbonyl (C=O) groups excluding carboxylic acids is 1. The summed E-state index contributed by atoms with van der Waals surface area (Å²) < 4.78 is 5.21. The predicted octanol–water partition coefficient (Wildman–Crippen LogP) is 2.66. The Morgan fingerprint density at radius 3 is 2.71 bits per heavy atom. The summed E-state index contributed by atoms with van der Waals surface area (Å²) in [5, 5.41) is 0. The SMILES string of the molecule is C=CC1=C(C(=C)OC)CCCC1N(C)C(C)=O. The Kier molecular flexibility index (Phi) is 4.55. The third-order valence-electron chi connectivity index (χ3n) is 3.38. The third kappa shape index (κ3) is 2.78. The minimum atomic E-state index is 0.0682. The van der Waals surface area contributed by atoms with E-state index in [1.807, 2.05) is 13.1 Å². The fourth-order valence-corrected chi connectivity index (χ4v) is 2.28. The van der Waals surface area contributed by atoms with E-state index >= 15 is 0 Å². The van der Waals surface area contributed by atoms with Gasteiger partial charge in [-0.25, -0.2) is 0 Å². The van der Waals surface area contributed by atoms with E-state index in [4.69, 9.17) is 4.74 Å². The van der Waals surface area contributed by atoms with E-state index < -0.39 is 0 Å². The second kappa shape index (κ2) is 5.71. The van der Waals surface area contributed by atoms with Gasteiger partial charge in [0.1, 0.15) is 5.76 Å². The van der Waals surface area contributed by atoms with Crippen LogP contribution in [0.2, 0.25) is 0 Å². The van der Waals surface area contributed by atoms with Gasteiger partial charge in [0.05, 0.1) is 13.2 Å². The van der Waals surface area contributed by atoms with E-state index in [1.54, 1.807) is 18.9 Å². The van der Waals surface area contributed by atoms with E-state index in [0.29, 0.717) is 5.76 Å². The zero-order valence-electron chi connectivity index (χ0n) is 11.0. The molecule has 1 aliphatic rings. The van der Waals surface area contributed by atoms with Gasteiger partial charge in [-0.1, -0.05) is 19.2 Å². The summed E-state index contributed by atoms with van der Waals surface area (Å²) in [4.78, 5) is 13.2. The van der Waals surface area contributed by atoms with Crippen molar-refractivity contribution in [3.05, 3.63) is 36.1 Å². The van der Waals surface area contributed by atoms with Crippen molar-refractivity contribution < 1.29 is 9.53 Å². The maximum atomic E-state index is 11.5. The first-order valence-corrected chi connectivity index (χ1v) is 5.85. The topological polar surface area (TPSA) is 29.5 Å². The number of hydrogen-bond donors (Lipinski definition) is 0. The van der Waals surface area contributed by atoms with E-state index in [-0.39, 0.29) is 11.9 Å². The monoisotopic (exact) mass is 235 g/mol. The summed E-state index contributed by atoms with van der Waals surface area (Å²) >= 11 is 0. The second-order valence-electron chi connectivity index (χ2n) is 4.30. The zero-order valence-corrected chi connectivity index (χ0v) is 11.0. The molecule has 94 valence electrons. The van der Waals surface area contributed by atoms with Crippen molar-refractivity contribution in [1.29, 1.82) is 0 Å². The van der Waals surface area contributed by atoms with Gasteiger partial charge in [0, 0.05) is 14.0 Å². The van der Waals surface area contributed by atoms with Gasteiger partial charge in [-0.15, -0.1) is 0 Å². The lowest BCUT2D eigenvalue weighted by Crippen LogP contribution is -2.38. The summed E-state index contributed by atoms with van der Waals surface area (Å²) in [7, 11) is 3.45. The van der Waals surface area contributed by atoms with Crippen molar-refractivity contribution in [3.8, 4) is 0 Å². The molecule has 0 bridgehead atoms. The fraction of sp³-hybridized carbons (Fsp3) is 0.500. The number of rotatable bonds is 4. The molecule has 0 aromatic heterocycles. The van der Waals surface area contributed by atoms with Gasteiger partial charge in [-0.05, 0) is 30.4 Å². The van der Waals surface area contributed by atoms with Crippen molar-refractivity contribution in [2.24, 2.45) is 0 Å². The van der Waals surface area contributed by atoms with Crippen LogP contribution in [-0.4, -0.2) is 31.0 Å². The van der Waals surface area contributed by atoms with Crippen LogP contribution in [0, 0.1) is 0 Å². The number of allylic oxidation sites excluding steroid dienone is 1.